The van der Waals surface area contributed by atoms with Gasteiger partial charge >= 0.3 is 0 Å². The highest BCUT2D eigenvalue weighted by molar-refractivity contribution is 6.36. The Balaban J connectivity index is 0.00000337. The summed E-state index contributed by atoms with van der Waals surface area (Å²) in [6, 6.07) is 29.4. The zero-order valence-corrected chi connectivity index (χ0v) is 23.4. The van der Waals surface area contributed by atoms with Crippen molar-refractivity contribution in [1.29, 1.82) is 0 Å². The Labute approximate surface area is 251 Å². The molecular weight excluding hydrogens is 587 g/mol. The van der Waals surface area contributed by atoms with Crippen molar-refractivity contribution in [3.05, 3.63) is 140 Å². The van der Waals surface area contributed by atoms with Gasteiger partial charge in [0.25, 0.3) is 11.6 Å². The lowest BCUT2D eigenvalue weighted by Gasteiger charge is -2.41. The monoisotopic (exact) mass is 606 g/mol. The predicted octanol–water partition coefficient (Wildman–Crippen LogP) is 6.30. The molecule has 0 aromatic heterocycles. The second kappa shape index (κ2) is 10.9. The lowest BCUT2D eigenvalue weighted by atomic mass is 9.80. The minimum Gasteiger partial charge on any atom is -0.368 e. The molecule has 1 unspecified atom stereocenters. The van der Waals surface area contributed by atoms with Crippen LogP contribution in [0, 0.1) is 10.1 Å². The highest BCUT2D eigenvalue weighted by atomic mass is 35.5. The molecule has 1 atom stereocenters. The average molecular weight is 608 g/mol. The number of aliphatic imine (C=N–C) groups is 2. The van der Waals surface area contributed by atoms with Crippen LogP contribution in [0.5, 0.6) is 0 Å². The van der Waals surface area contributed by atoms with Crippen LogP contribution in [0.25, 0.3) is 0 Å². The van der Waals surface area contributed by atoms with E-state index in [0.29, 0.717) is 32.4 Å². The van der Waals surface area contributed by atoms with Crippen LogP contribution in [0.15, 0.2) is 113 Å². The van der Waals surface area contributed by atoms with Crippen LogP contribution in [-0.4, -0.2) is 27.6 Å². The number of benzene rings is 4. The van der Waals surface area contributed by atoms with Crippen LogP contribution < -0.4 is 10.6 Å². The van der Waals surface area contributed by atoms with Gasteiger partial charge in [-0.3, -0.25) is 19.8 Å². The van der Waals surface area contributed by atoms with Gasteiger partial charge in [-0.05, 0) is 29.3 Å². The molecule has 4 aromatic rings. The molecule has 0 aliphatic carbocycles. The quantitative estimate of drug-likeness (QED) is 0.211. The minimum atomic E-state index is -1.49. The molecular formula is C29H21Cl3N6O3. The number of fused-ring (bicyclic) bond motifs is 1. The molecule has 2 heterocycles. The summed E-state index contributed by atoms with van der Waals surface area (Å²) >= 11 is 12.7. The fourth-order valence-electron chi connectivity index (χ4n) is 5.30. The number of guanidine groups is 2. The third-order valence-electron chi connectivity index (χ3n) is 6.87. The van der Waals surface area contributed by atoms with Crippen LogP contribution in [0.1, 0.15) is 22.9 Å². The fourth-order valence-corrected chi connectivity index (χ4v) is 5.81. The Morgan fingerprint density at radius 1 is 0.854 bits per heavy atom. The molecule has 4 aromatic carbocycles. The number of anilines is 1. The van der Waals surface area contributed by atoms with Crippen molar-refractivity contribution in [2.24, 2.45) is 15.7 Å². The summed E-state index contributed by atoms with van der Waals surface area (Å²) in [5.41, 5.74) is 6.75. The summed E-state index contributed by atoms with van der Waals surface area (Å²) in [4.78, 5) is 38.5. The molecule has 2 aliphatic rings. The Morgan fingerprint density at radius 3 is 2.00 bits per heavy atom. The standard InChI is InChI=1S/C29H20Cl2N6O3.ClH/c30-21-15-22(31)17-24(16-21)35-26(38)29(19-9-3-1-4-10-19,20-11-5-2-6-12-20)36-25(33-27(32)34-28(35)36)18-8-7-13-23(14-18)37(39)40;/h1-17,25H,(H2,32,33);1H. The summed E-state index contributed by atoms with van der Waals surface area (Å²) in [7, 11) is 0. The first-order valence-corrected chi connectivity index (χ1v) is 12.9. The second-order valence-corrected chi connectivity index (χ2v) is 10.1. The molecule has 0 spiro atoms. The first-order valence-electron chi connectivity index (χ1n) is 12.2. The zero-order valence-electron chi connectivity index (χ0n) is 21.1. The summed E-state index contributed by atoms with van der Waals surface area (Å²) in [6.07, 6.45) is -0.948. The van der Waals surface area contributed by atoms with Crippen LogP contribution in [0.4, 0.5) is 11.4 Å². The van der Waals surface area contributed by atoms with Gasteiger partial charge < -0.3 is 5.73 Å². The molecule has 1 fully saturated rings. The maximum atomic E-state index is 15.0. The number of non-ortho nitro benzene ring substituents is 1. The van der Waals surface area contributed by atoms with Crippen LogP contribution in [-0.2, 0) is 10.3 Å². The predicted molar refractivity (Wildman–Crippen MR) is 162 cm³/mol. The van der Waals surface area contributed by atoms with Crippen LogP contribution >= 0.6 is 35.6 Å². The normalized spacial score (nSPS) is 17.3. The molecule has 0 bridgehead atoms. The third-order valence-corrected chi connectivity index (χ3v) is 7.31. The van der Waals surface area contributed by atoms with Gasteiger partial charge in [-0.1, -0.05) is 96.0 Å². The van der Waals surface area contributed by atoms with E-state index in [0.717, 1.165) is 0 Å². The smallest absolute Gasteiger partial charge is 0.269 e. The summed E-state index contributed by atoms with van der Waals surface area (Å²) in [5.74, 6) is -0.284. The first-order chi connectivity index (χ1) is 19.3. The Morgan fingerprint density at radius 2 is 1.44 bits per heavy atom. The van der Waals surface area contributed by atoms with E-state index in [9.17, 15) is 14.9 Å². The lowest BCUT2D eigenvalue weighted by molar-refractivity contribution is -0.385. The Hall–Kier alpha value is -4.44. The summed E-state index contributed by atoms with van der Waals surface area (Å²) in [6.45, 7) is 0. The van der Waals surface area contributed by atoms with Crippen molar-refractivity contribution in [2.75, 3.05) is 4.90 Å². The highest BCUT2D eigenvalue weighted by Crippen LogP contribution is 2.50. The first kappa shape index (κ1) is 28.1. The molecule has 12 heteroatoms. The molecule has 9 nitrogen and oxygen atoms in total. The number of hydrogen-bond acceptors (Lipinski definition) is 7. The van der Waals surface area contributed by atoms with Crippen molar-refractivity contribution in [2.45, 2.75) is 11.7 Å². The van der Waals surface area contributed by atoms with E-state index in [4.69, 9.17) is 28.9 Å². The number of nitro benzene ring substituents is 1. The fraction of sp³-hybridized carbons (Fsp3) is 0.0690. The number of amides is 1. The maximum Gasteiger partial charge on any atom is 0.269 e. The number of halogens is 3. The number of carbonyl (C=O) groups excluding carboxylic acids is 1. The SMILES string of the molecule is Cl.NC1=NC(c2cccc([N+](=O)[O-])c2)N2C(=N1)N(c1cc(Cl)cc(Cl)c1)C(=O)C2(c1ccccc1)c1ccccc1. The Kier molecular flexibility index (Phi) is 7.44. The van der Waals surface area contributed by atoms with E-state index in [1.165, 1.54) is 17.0 Å². The minimum absolute atomic E-state index is 0. The molecule has 2 N–H and O–H groups in total. The van der Waals surface area contributed by atoms with Gasteiger partial charge in [0.1, 0.15) is 0 Å². The largest absolute Gasteiger partial charge is 0.368 e. The van der Waals surface area contributed by atoms with Crippen molar-refractivity contribution in [3.63, 3.8) is 0 Å². The van der Waals surface area contributed by atoms with Crippen molar-refractivity contribution in [3.8, 4) is 0 Å². The molecule has 1 saturated heterocycles. The molecule has 1 amide bonds. The lowest BCUT2D eigenvalue weighted by Crippen LogP contribution is -2.51. The van der Waals surface area contributed by atoms with E-state index in [2.05, 4.69) is 9.98 Å². The second-order valence-electron chi connectivity index (χ2n) is 9.21. The molecule has 206 valence electrons. The van der Waals surface area contributed by atoms with Crippen molar-refractivity contribution >= 4 is 64.8 Å². The number of carbonyl (C=O) groups is 1. The number of nitro groups is 1. The van der Waals surface area contributed by atoms with E-state index < -0.39 is 16.6 Å². The van der Waals surface area contributed by atoms with Gasteiger partial charge in [0.05, 0.1) is 10.6 Å². The highest BCUT2D eigenvalue weighted by Gasteiger charge is 2.62. The van der Waals surface area contributed by atoms with E-state index in [-0.39, 0.29) is 35.9 Å². The van der Waals surface area contributed by atoms with Gasteiger partial charge in [0.2, 0.25) is 11.9 Å². The van der Waals surface area contributed by atoms with Crippen LogP contribution in [0.2, 0.25) is 10.0 Å². The number of nitrogens with zero attached hydrogens (tertiary/aromatic N) is 5. The topological polar surface area (TPSA) is 117 Å². The van der Waals surface area contributed by atoms with Gasteiger partial charge in [0, 0.05) is 27.7 Å². The third kappa shape index (κ3) is 4.58. The molecule has 6 rings (SSSR count). The van der Waals surface area contributed by atoms with E-state index in [1.54, 1.807) is 35.2 Å². The summed E-state index contributed by atoms with van der Waals surface area (Å²) in [5, 5.41) is 12.3. The molecule has 0 saturated carbocycles. The van der Waals surface area contributed by atoms with E-state index >= 15 is 0 Å². The molecule has 41 heavy (non-hydrogen) atoms. The number of rotatable bonds is 5. The van der Waals surface area contributed by atoms with Crippen molar-refractivity contribution < 1.29 is 9.72 Å². The van der Waals surface area contributed by atoms with Gasteiger partial charge in [0.15, 0.2) is 11.7 Å². The molecule has 2 aliphatic heterocycles. The average Bonchev–Trinajstić information content (AvgIpc) is 3.21. The van der Waals surface area contributed by atoms with Crippen molar-refractivity contribution in [1.82, 2.24) is 4.90 Å². The summed E-state index contributed by atoms with van der Waals surface area (Å²) < 4.78 is 0. The number of hydrogen-bond donors (Lipinski definition) is 1. The molecule has 0 radical (unpaired) electrons. The van der Waals surface area contributed by atoms with Gasteiger partial charge in [-0.2, -0.15) is 4.99 Å². The Bertz CT molecular complexity index is 1660. The van der Waals surface area contributed by atoms with E-state index in [1.807, 2.05) is 60.7 Å². The zero-order chi connectivity index (χ0) is 28.0. The van der Waals surface area contributed by atoms with Gasteiger partial charge in [-0.25, -0.2) is 9.89 Å². The van der Waals surface area contributed by atoms with Gasteiger partial charge in [-0.15, -0.1) is 12.4 Å². The maximum absolute atomic E-state index is 15.0. The number of nitrogens with two attached hydrogens (primary N) is 1. The van der Waals surface area contributed by atoms with Crippen LogP contribution in [0.3, 0.4) is 0 Å².